The Kier molecular flexibility index (Phi) is 5.94. The number of nitrogens with zero attached hydrogens (tertiary/aromatic N) is 1. The Morgan fingerprint density at radius 2 is 1.60 bits per heavy atom. The van der Waals surface area contributed by atoms with Gasteiger partial charge in [0.05, 0.1) is 9.95 Å². The first-order valence-corrected chi connectivity index (χ1v) is 8.85. The first-order chi connectivity index (χ1) is 11.7. The fourth-order valence-electron chi connectivity index (χ4n) is 1.94. The molecule has 0 aliphatic carbocycles. The molecule has 2 rings (SSSR count). The van der Waals surface area contributed by atoms with Crippen LogP contribution in [-0.4, -0.2) is 13.3 Å². The van der Waals surface area contributed by atoms with Crippen LogP contribution in [0.5, 0.6) is 0 Å². The van der Waals surface area contributed by atoms with Crippen molar-refractivity contribution in [2.24, 2.45) is 0 Å². The van der Waals surface area contributed by atoms with E-state index in [2.05, 4.69) is 0 Å². The Morgan fingerprint density at radius 1 is 1.00 bits per heavy atom. The molecule has 5 nitrogen and oxygen atoms in total. The number of non-ortho nitro benzene ring substituents is 1. The number of allylic oxidation sites excluding steroid dienone is 2. The monoisotopic (exact) mass is 401 g/mol. The molecule has 0 heterocycles. The molecule has 0 aliphatic rings. The smallest absolute Gasteiger partial charge is 0.258 e. The first-order valence-electron chi connectivity index (χ1n) is 6.71. The largest absolute Gasteiger partial charge is 0.332 e. The van der Waals surface area contributed by atoms with Crippen molar-refractivity contribution in [3.63, 3.8) is 0 Å². The molecule has 0 radical (unpaired) electrons. The molecule has 0 fully saturated rings. The van der Waals surface area contributed by atoms with Crippen LogP contribution in [0.25, 0.3) is 12.2 Å². The molecule has 0 spiro atoms. The lowest BCUT2D eigenvalue weighted by Crippen LogP contribution is -1.95. The summed E-state index contributed by atoms with van der Waals surface area (Å²) in [6, 6.07) is 7.84. The van der Waals surface area contributed by atoms with Crippen molar-refractivity contribution < 1.29 is 17.2 Å². The summed E-state index contributed by atoms with van der Waals surface area (Å²) in [7, 11) is -4.91. The molecule has 9 heteroatoms. The van der Waals surface area contributed by atoms with Gasteiger partial charge in [-0.3, -0.25) is 10.1 Å². The molecular weight excluding hydrogens is 392 g/mol. The zero-order valence-electron chi connectivity index (χ0n) is 12.4. The minimum atomic E-state index is -4.91. The first kappa shape index (κ1) is 19.1. The van der Waals surface area contributed by atoms with E-state index in [1.54, 1.807) is 6.08 Å². The Labute approximate surface area is 153 Å². The molecule has 2 aromatic carbocycles. The molecule has 25 heavy (non-hydrogen) atoms. The Balaban J connectivity index is 2.25. The zero-order valence-corrected chi connectivity index (χ0v) is 14.7. The van der Waals surface area contributed by atoms with Gasteiger partial charge in [0, 0.05) is 17.2 Å². The van der Waals surface area contributed by atoms with Crippen molar-refractivity contribution in [2.75, 3.05) is 0 Å². The van der Waals surface area contributed by atoms with E-state index in [1.165, 1.54) is 48.6 Å². The van der Waals surface area contributed by atoms with Crippen LogP contribution in [0.1, 0.15) is 11.1 Å². The number of halogens is 3. The highest BCUT2D eigenvalue weighted by atomic mass is 35.5. The molecule has 0 N–H and O–H groups in total. The summed E-state index contributed by atoms with van der Waals surface area (Å²) in [5, 5.41) is 10.9. The number of nitro groups is 1. The Bertz CT molecular complexity index is 988. The molecule has 2 aromatic rings. The second-order valence-corrected chi connectivity index (χ2v) is 6.96. The van der Waals surface area contributed by atoms with Gasteiger partial charge in [0.2, 0.25) is 0 Å². The molecule has 0 aromatic heterocycles. The highest BCUT2D eigenvalue weighted by Crippen LogP contribution is 2.25. The van der Waals surface area contributed by atoms with Gasteiger partial charge in [-0.05, 0) is 29.3 Å². The van der Waals surface area contributed by atoms with Gasteiger partial charge in [0.15, 0.2) is 0 Å². The van der Waals surface area contributed by atoms with Gasteiger partial charge in [-0.1, -0.05) is 53.6 Å². The molecular formula is C16H10Cl2FNO4S. The summed E-state index contributed by atoms with van der Waals surface area (Å²) in [6.45, 7) is 0. The Morgan fingerprint density at radius 3 is 2.16 bits per heavy atom. The summed E-state index contributed by atoms with van der Waals surface area (Å²) in [5.41, 5.74) is 0.536. The lowest BCUT2D eigenvalue weighted by molar-refractivity contribution is -0.384. The summed E-state index contributed by atoms with van der Waals surface area (Å²) in [4.78, 5) is 9.56. The average Bonchev–Trinajstić information content (AvgIpc) is 2.52. The van der Waals surface area contributed by atoms with Crippen molar-refractivity contribution in [2.45, 2.75) is 4.90 Å². The average molecular weight is 402 g/mol. The summed E-state index contributed by atoms with van der Waals surface area (Å²) < 4.78 is 35.6. The standard InChI is InChI=1S/C16H10Cl2FNO4S/c17-13-7-5-12(16(9-13)25(19,23)24)4-2-1-3-11-6-8-14(20(21)22)10-15(11)18/h1-10H/b3-1-,4-2-. The fraction of sp³-hybridized carbons (Fsp3) is 0. The third-order valence-electron chi connectivity index (χ3n) is 3.10. The summed E-state index contributed by atoms with van der Waals surface area (Å²) >= 11 is 11.6. The highest BCUT2D eigenvalue weighted by Gasteiger charge is 2.16. The molecule has 0 amide bonds. The minimum absolute atomic E-state index is 0.0987. The zero-order chi connectivity index (χ0) is 18.6. The van der Waals surface area contributed by atoms with Crippen molar-refractivity contribution in [1.82, 2.24) is 0 Å². The maximum atomic E-state index is 13.3. The SMILES string of the molecule is O=[N+]([O-])c1ccc(/C=C\C=C/c2ccc(Cl)cc2S(=O)(=O)F)c(Cl)c1. The van der Waals surface area contributed by atoms with Gasteiger partial charge >= 0.3 is 10.2 Å². The number of benzene rings is 2. The van der Waals surface area contributed by atoms with E-state index in [1.807, 2.05) is 0 Å². The predicted molar refractivity (Wildman–Crippen MR) is 95.9 cm³/mol. The van der Waals surface area contributed by atoms with Gasteiger partial charge in [0.25, 0.3) is 5.69 Å². The van der Waals surface area contributed by atoms with Crippen LogP contribution in [0.4, 0.5) is 9.57 Å². The number of nitro benzene ring substituents is 1. The quantitative estimate of drug-likeness (QED) is 0.295. The van der Waals surface area contributed by atoms with Crippen LogP contribution in [0, 0.1) is 10.1 Å². The number of rotatable bonds is 5. The van der Waals surface area contributed by atoms with Gasteiger partial charge < -0.3 is 0 Å². The topological polar surface area (TPSA) is 77.3 Å². The minimum Gasteiger partial charge on any atom is -0.258 e. The number of hydrogen-bond donors (Lipinski definition) is 0. The van der Waals surface area contributed by atoms with E-state index in [9.17, 15) is 22.4 Å². The third-order valence-corrected chi connectivity index (χ3v) is 4.54. The van der Waals surface area contributed by atoms with Crippen LogP contribution in [0.3, 0.4) is 0 Å². The van der Waals surface area contributed by atoms with Gasteiger partial charge in [-0.25, -0.2) is 0 Å². The van der Waals surface area contributed by atoms with E-state index < -0.39 is 20.0 Å². The highest BCUT2D eigenvalue weighted by molar-refractivity contribution is 7.86. The summed E-state index contributed by atoms with van der Waals surface area (Å²) in [5.74, 6) is 0. The molecule has 0 atom stereocenters. The van der Waals surface area contributed by atoms with Crippen molar-refractivity contribution in [3.05, 3.63) is 79.8 Å². The molecule has 0 saturated carbocycles. The Hall–Kier alpha value is -2.22. The second-order valence-electron chi connectivity index (χ2n) is 4.80. The third kappa shape index (κ3) is 5.12. The van der Waals surface area contributed by atoms with Crippen LogP contribution >= 0.6 is 23.2 Å². The van der Waals surface area contributed by atoms with Crippen molar-refractivity contribution in [3.8, 4) is 0 Å². The number of hydrogen-bond acceptors (Lipinski definition) is 4. The predicted octanol–water partition coefficient (Wildman–Crippen LogP) is 5.29. The maximum Gasteiger partial charge on any atom is 0.332 e. The molecule has 130 valence electrons. The lowest BCUT2D eigenvalue weighted by Gasteiger charge is -2.01. The van der Waals surface area contributed by atoms with Crippen LogP contribution < -0.4 is 0 Å². The fourth-order valence-corrected chi connectivity index (χ4v) is 3.10. The molecule has 0 saturated heterocycles. The van der Waals surface area contributed by atoms with Gasteiger partial charge in [0.1, 0.15) is 4.90 Å². The second kappa shape index (κ2) is 7.77. The van der Waals surface area contributed by atoms with E-state index in [4.69, 9.17) is 23.2 Å². The maximum absolute atomic E-state index is 13.3. The lowest BCUT2D eigenvalue weighted by atomic mass is 10.1. The van der Waals surface area contributed by atoms with E-state index in [0.717, 1.165) is 6.07 Å². The van der Waals surface area contributed by atoms with Gasteiger partial charge in [-0.2, -0.15) is 8.42 Å². The van der Waals surface area contributed by atoms with Crippen molar-refractivity contribution >= 4 is 51.3 Å². The van der Waals surface area contributed by atoms with Gasteiger partial charge in [-0.15, -0.1) is 3.89 Å². The normalized spacial score (nSPS) is 12.1. The van der Waals surface area contributed by atoms with Crippen molar-refractivity contribution in [1.29, 1.82) is 0 Å². The molecule has 0 unspecified atom stereocenters. The van der Waals surface area contributed by atoms with E-state index >= 15 is 0 Å². The van der Waals surface area contributed by atoms with Crippen LogP contribution in [-0.2, 0) is 10.2 Å². The molecule has 0 aliphatic heterocycles. The summed E-state index contributed by atoms with van der Waals surface area (Å²) in [6.07, 6.45) is 5.98. The van der Waals surface area contributed by atoms with E-state index in [-0.39, 0.29) is 21.3 Å². The van der Waals surface area contributed by atoms with E-state index in [0.29, 0.717) is 5.56 Å². The van der Waals surface area contributed by atoms with Crippen LogP contribution in [0.2, 0.25) is 10.0 Å². The molecule has 0 bridgehead atoms. The van der Waals surface area contributed by atoms with Crippen LogP contribution in [0.15, 0.2) is 53.4 Å².